The normalized spacial score (nSPS) is 12.1. The first-order valence-electron chi connectivity index (χ1n) is 6.03. The van der Waals surface area contributed by atoms with Crippen molar-refractivity contribution in [3.63, 3.8) is 0 Å². The highest BCUT2D eigenvalue weighted by Gasteiger charge is 2.19. The van der Waals surface area contributed by atoms with Crippen molar-refractivity contribution in [1.82, 2.24) is 9.97 Å². The van der Waals surface area contributed by atoms with Crippen LogP contribution in [0.25, 0.3) is 0 Å². The highest BCUT2D eigenvalue weighted by atomic mass is 15.0. The van der Waals surface area contributed by atoms with E-state index in [4.69, 9.17) is 5.73 Å². The third kappa shape index (κ3) is 2.94. The number of aromatic nitrogens is 2. The highest BCUT2D eigenvalue weighted by molar-refractivity contribution is 5.33. The van der Waals surface area contributed by atoms with Gasteiger partial charge < -0.3 is 5.73 Å². The molecule has 90 valence electrons. The zero-order valence-corrected chi connectivity index (χ0v) is 11.0. The standard InChI is InChI=1S/C13H23N3/c1-6-9(7-2)12-15-10(13(3,4)5)8-11(14)16-12/h8-9H,6-7H2,1-5H3,(H2,14,15,16). The Kier molecular flexibility index (Phi) is 3.89. The van der Waals surface area contributed by atoms with E-state index in [9.17, 15) is 0 Å². The molecule has 0 aliphatic rings. The molecule has 0 amide bonds. The van der Waals surface area contributed by atoms with Crippen molar-refractivity contribution in [1.29, 1.82) is 0 Å². The van der Waals surface area contributed by atoms with E-state index in [0.29, 0.717) is 11.7 Å². The molecule has 0 bridgehead atoms. The van der Waals surface area contributed by atoms with Crippen LogP contribution in [0, 0.1) is 0 Å². The second kappa shape index (κ2) is 4.81. The molecule has 0 radical (unpaired) electrons. The lowest BCUT2D eigenvalue weighted by atomic mass is 9.91. The highest BCUT2D eigenvalue weighted by Crippen LogP contribution is 2.25. The van der Waals surface area contributed by atoms with Crippen LogP contribution >= 0.6 is 0 Å². The summed E-state index contributed by atoms with van der Waals surface area (Å²) in [5, 5.41) is 0. The lowest BCUT2D eigenvalue weighted by molar-refractivity contribution is 0.542. The van der Waals surface area contributed by atoms with Crippen molar-refractivity contribution >= 4 is 5.82 Å². The van der Waals surface area contributed by atoms with Gasteiger partial charge in [0.05, 0.1) is 5.69 Å². The predicted octanol–water partition coefficient (Wildman–Crippen LogP) is 3.26. The second-order valence-corrected chi connectivity index (χ2v) is 5.30. The molecule has 3 nitrogen and oxygen atoms in total. The molecule has 0 unspecified atom stereocenters. The molecule has 0 saturated carbocycles. The van der Waals surface area contributed by atoms with Gasteiger partial charge >= 0.3 is 0 Å². The fourth-order valence-corrected chi connectivity index (χ4v) is 1.71. The number of nitrogen functional groups attached to an aromatic ring is 1. The maximum Gasteiger partial charge on any atom is 0.134 e. The molecular weight excluding hydrogens is 198 g/mol. The summed E-state index contributed by atoms with van der Waals surface area (Å²) in [6, 6.07) is 1.88. The van der Waals surface area contributed by atoms with Crippen molar-refractivity contribution in [3.05, 3.63) is 17.6 Å². The van der Waals surface area contributed by atoms with E-state index in [2.05, 4.69) is 44.6 Å². The molecule has 1 aromatic heterocycles. The summed E-state index contributed by atoms with van der Waals surface area (Å²) in [7, 11) is 0. The number of rotatable bonds is 3. The Hall–Kier alpha value is -1.12. The van der Waals surface area contributed by atoms with Gasteiger partial charge in [0.1, 0.15) is 11.6 Å². The lowest BCUT2D eigenvalue weighted by Crippen LogP contribution is -2.17. The van der Waals surface area contributed by atoms with Crippen LogP contribution in [-0.2, 0) is 5.41 Å². The molecule has 0 spiro atoms. The number of hydrogen-bond acceptors (Lipinski definition) is 3. The van der Waals surface area contributed by atoms with E-state index in [-0.39, 0.29) is 5.41 Å². The van der Waals surface area contributed by atoms with Crippen LogP contribution < -0.4 is 5.73 Å². The summed E-state index contributed by atoms with van der Waals surface area (Å²) in [4.78, 5) is 9.01. The van der Waals surface area contributed by atoms with Gasteiger partial charge in [0.15, 0.2) is 0 Å². The molecule has 0 aliphatic carbocycles. The minimum atomic E-state index is 0.0256. The first-order chi connectivity index (χ1) is 7.38. The van der Waals surface area contributed by atoms with E-state index in [0.717, 1.165) is 24.4 Å². The average Bonchev–Trinajstić information content (AvgIpc) is 2.17. The molecule has 1 rings (SSSR count). The number of anilines is 1. The van der Waals surface area contributed by atoms with Crippen LogP contribution in [0.1, 0.15) is 64.9 Å². The molecule has 0 fully saturated rings. The second-order valence-electron chi connectivity index (χ2n) is 5.30. The van der Waals surface area contributed by atoms with Crippen LogP contribution in [0.3, 0.4) is 0 Å². The Balaban J connectivity index is 3.17. The van der Waals surface area contributed by atoms with Gasteiger partial charge in [-0.15, -0.1) is 0 Å². The van der Waals surface area contributed by atoms with Gasteiger partial charge in [-0.1, -0.05) is 34.6 Å². The van der Waals surface area contributed by atoms with Crippen molar-refractivity contribution in [2.24, 2.45) is 0 Å². The fraction of sp³-hybridized carbons (Fsp3) is 0.692. The molecule has 0 aromatic carbocycles. The smallest absolute Gasteiger partial charge is 0.134 e. The van der Waals surface area contributed by atoms with E-state index in [1.54, 1.807) is 0 Å². The summed E-state index contributed by atoms with van der Waals surface area (Å²) in [6.07, 6.45) is 2.12. The summed E-state index contributed by atoms with van der Waals surface area (Å²) in [5.74, 6) is 1.90. The van der Waals surface area contributed by atoms with Crippen LogP contribution in [0.5, 0.6) is 0 Å². The van der Waals surface area contributed by atoms with Crippen LogP contribution in [-0.4, -0.2) is 9.97 Å². The molecule has 1 heterocycles. The summed E-state index contributed by atoms with van der Waals surface area (Å²) in [5.41, 5.74) is 6.91. The van der Waals surface area contributed by atoms with Crippen molar-refractivity contribution in [3.8, 4) is 0 Å². The average molecular weight is 221 g/mol. The van der Waals surface area contributed by atoms with E-state index in [1.807, 2.05) is 6.07 Å². The Morgan fingerprint density at radius 2 is 1.75 bits per heavy atom. The van der Waals surface area contributed by atoms with Crippen molar-refractivity contribution in [2.45, 2.75) is 58.8 Å². The van der Waals surface area contributed by atoms with Gasteiger partial charge in [-0.05, 0) is 12.8 Å². The number of nitrogens with two attached hydrogens (primary N) is 1. The molecule has 1 aromatic rings. The van der Waals surface area contributed by atoms with E-state index >= 15 is 0 Å². The largest absolute Gasteiger partial charge is 0.384 e. The zero-order valence-electron chi connectivity index (χ0n) is 11.0. The molecule has 2 N–H and O–H groups in total. The van der Waals surface area contributed by atoms with Gasteiger partial charge in [-0.2, -0.15) is 0 Å². The quantitative estimate of drug-likeness (QED) is 0.852. The summed E-state index contributed by atoms with van der Waals surface area (Å²) in [6.45, 7) is 10.8. The Bertz CT molecular complexity index is 349. The fourth-order valence-electron chi connectivity index (χ4n) is 1.71. The molecule has 0 saturated heterocycles. The number of nitrogens with zero attached hydrogens (tertiary/aromatic N) is 2. The van der Waals surface area contributed by atoms with E-state index in [1.165, 1.54) is 0 Å². The first-order valence-corrected chi connectivity index (χ1v) is 6.03. The van der Waals surface area contributed by atoms with Gasteiger partial charge in [-0.25, -0.2) is 9.97 Å². The van der Waals surface area contributed by atoms with Gasteiger partial charge in [-0.3, -0.25) is 0 Å². The van der Waals surface area contributed by atoms with Gasteiger partial charge in [0.2, 0.25) is 0 Å². The first kappa shape index (κ1) is 12.9. The summed E-state index contributed by atoms with van der Waals surface area (Å²) >= 11 is 0. The maximum atomic E-state index is 5.85. The molecular formula is C13H23N3. The van der Waals surface area contributed by atoms with Gasteiger partial charge in [0.25, 0.3) is 0 Å². The molecule has 0 aliphatic heterocycles. The topological polar surface area (TPSA) is 51.8 Å². The molecule has 0 atom stereocenters. The zero-order chi connectivity index (χ0) is 12.3. The maximum absolute atomic E-state index is 5.85. The Morgan fingerprint density at radius 1 is 1.19 bits per heavy atom. The monoisotopic (exact) mass is 221 g/mol. The predicted molar refractivity (Wildman–Crippen MR) is 68.5 cm³/mol. The molecule has 16 heavy (non-hydrogen) atoms. The minimum Gasteiger partial charge on any atom is -0.384 e. The van der Waals surface area contributed by atoms with Crippen LogP contribution in [0.4, 0.5) is 5.82 Å². The van der Waals surface area contributed by atoms with Crippen LogP contribution in [0.15, 0.2) is 6.07 Å². The van der Waals surface area contributed by atoms with Crippen LogP contribution in [0.2, 0.25) is 0 Å². The summed E-state index contributed by atoms with van der Waals surface area (Å²) < 4.78 is 0. The number of hydrogen-bond donors (Lipinski definition) is 1. The Labute approximate surface area is 98.5 Å². The van der Waals surface area contributed by atoms with Crippen molar-refractivity contribution < 1.29 is 0 Å². The van der Waals surface area contributed by atoms with E-state index < -0.39 is 0 Å². The SMILES string of the molecule is CCC(CC)c1nc(N)cc(C(C)(C)C)n1. The minimum absolute atomic E-state index is 0.0256. The molecule has 3 heteroatoms. The van der Waals surface area contributed by atoms with Crippen molar-refractivity contribution in [2.75, 3.05) is 5.73 Å². The lowest BCUT2D eigenvalue weighted by Gasteiger charge is -2.20. The third-order valence-corrected chi connectivity index (χ3v) is 2.88. The Morgan fingerprint density at radius 3 is 2.19 bits per heavy atom. The van der Waals surface area contributed by atoms with Gasteiger partial charge in [0, 0.05) is 17.4 Å². The third-order valence-electron chi connectivity index (χ3n) is 2.88.